The average molecular weight is 194 g/mol. The van der Waals surface area contributed by atoms with Crippen molar-refractivity contribution in [3.05, 3.63) is 20.5 Å². The highest BCUT2D eigenvalue weighted by Crippen LogP contribution is 2.14. The van der Waals surface area contributed by atoms with E-state index in [1.807, 2.05) is 0 Å². The van der Waals surface area contributed by atoms with Crippen molar-refractivity contribution in [3.8, 4) is 0 Å². The second kappa shape index (κ2) is 3.11. The van der Waals surface area contributed by atoms with Crippen LogP contribution in [0.2, 0.25) is 10.2 Å². The van der Waals surface area contributed by atoms with E-state index in [-0.39, 0.29) is 10.2 Å². The molecule has 0 atom stereocenters. The molecule has 1 aromatic heterocycles. The second-order valence-corrected chi connectivity index (χ2v) is 2.51. The molecule has 0 aromatic carbocycles. The maximum absolute atomic E-state index is 10.9. The van der Waals surface area contributed by atoms with Crippen LogP contribution in [0.1, 0.15) is 0 Å². The highest BCUT2D eigenvalue weighted by molar-refractivity contribution is 6.41. The van der Waals surface area contributed by atoms with Gasteiger partial charge in [0.15, 0.2) is 5.15 Å². The van der Waals surface area contributed by atoms with Crippen molar-refractivity contribution < 1.29 is 0 Å². The molecule has 0 bridgehead atoms. The zero-order valence-corrected chi connectivity index (χ0v) is 7.12. The Morgan fingerprint density at radius 1 is 1.55 bits per heavy atom. The van der Waals surface area contributed by atoms with E-state index in [1.54, 1.807) is 7.05 Å². The molecule has 0 radical (unpaired) electrons. The number of hydrogen-bond acceptors (Lipinski definition) is 3. The Bertz CT molecular complexity index is 322. The number of hydrogen-bond donors (Lipinski definition) is 2. The van der Waals surface area contributed by atoms with Gasteiger partial charge in [0.1, 0.15) is 5.02 Å². The van der Waals surface area contributed by atoms with Gasteiger partial charge in [-0.1, -0.05) is 23.2 Å². The summed E-state index contributed by atoms with van der Waals surface area (Å²) in [6.45, 7) is 0. The summed E-state index contributed by atoms with van der Waals surface area (Å²) in [5, 5.41) is 2.53. The van der Waals surface area contributed by atoms with Gasteiger partial charge in [0.2, 0.25) is 5.95 Å². The van der Waals surface area contributed by atoms with Crippen LogP contribution in [0, 0.1) is 0 Å². The van der Waals surface area contributed by atoms with Gasteiger partial charge in [0, 0.05) is 7.05 Å². The van der Waals surface area contributed by atoms with Crippen LogP contribution < -0.4 is 10.9 Å². The molecule has 0 spiro atoms. The molecule has 1 aromatic rings. The predicted octanol–water partition coefficient (Wildman–Crippen LogP) is 1.12. The SMILES string of the molecule is CNc1nc(Cl)c(Cl)c(=O)[nH]1. The number of rotatable bonds is 1. The Balaban J connectivity index is 3.32. The Morgan fingerprint density at radius 3 is 2.64 bits per heavy atom. The quantitative estimate of drug-likeness (QED) is 0.658. The van der Waals surface area contributed by atoms with E-state index < -0.39 is 5.56 Å². The molecule has 0 saturated heterocycles. The third kappa shape index (κ3) is 1.64. The van der Waals surface area contributed by atoms with Gasteiger partial charge in [0.25, 0.3) is 5.56 Å². The number of nitrogens with one attached hydrogen (secondary N) is 2. The minimum atomic E-state index is -0.448. The van der Waals surface area contributed by atoms with Gasteiger partial charge in [-0.15, -0.1) is 0 Å². The number of halogens is 2. The maximum Gasteiger partial charge on any atom is 0.272 e. The summed E-state index contributed by atoms with van der Waals surface area (Å²) in [6.07, 6.45) is 0. The summed E-state index contributed by atoms with van der Waals surface area (Å²) < 4.78 is 0. The van der Waals surface area contributed by atoms with Gasteiger partial charge in [-0.2, -0.15) is 0 Å². The van der Waals surface area contributed by atoms with Crippen molar-refractivity contribution >= 4 is 29.2 Å². The van der Waals surface area contributed by atoms with E-state index >= 15 is 0 Å². The number of aromatic nitrogens is 2. The van der Waals surface area contributed by atoms with E-state index in [0.29, 0.717) is 5.95 Å². The Labute approximate surface area is 72.6 Å². The summed E-state index contributed by atoms with van der Waals surface area (Å²) in [7, 11) is 1.61. The fourth-order valence-electron chi connectivity index (χ4n) is 0.550. The first-order valence-electron chi connectivity index (χ1n) is 2.78. The Morgan fingerprint density at radius 2 is 2.18 bits per heavy atom. The summed E-state index contributed by atoms with van der Waals surface area (Å²) in [6, 6.07) is 0. The van der Waals surface area contributed by atoms with Crippen LogP contribution in [-0.4, -0.2) is 17.0 Å². The Kier molecular flexibility index (Phi) is 2.36. The lowest BCUT2D eigenvalue weighted by Gasteiger charge is -1.98. The zero-order valence-electron chi connectivity index (χ0n) is 5.61. The Hall–Kier alpha value is -0.740. The van der Waals surface area contributed by atoms with Gasteiger partial charge in [-0.25, -0.2) is 4.98 Å². The van der Waals surface area contributed by atoms with Crippen molar-refractivity contribution in [2.75, 3.05) is 12.4 Å². The lowest BCUT2D eigenvalue weighted by atomic mass is 10.6. The smallest absolute Gasteiger partial charge is 0.272 e. The third-order valence-corrected chi connectivity index (χ3v) is 1.78. The average Bonchev–Trinajstić information content (AvgIpc) is 1.99. The molecule has 0 aliphatic carbocycles. The molecule has 2 N–H and O–H groups in total. The van der Waals surface area contributed by atoms with Crippen LogP contribution in [0.5, 0.6) is 0 Å². The van der Waals surface area contributed by atoms with E-state index in [9.17, 15) is 4.79 Å². The van der Waals surface area contributed by atoms with Crippen molar-refractivity contribution in [1.82, 2.24) is 9.97 Å². The molecule has 0 aliphatic rings. The number of H-pyrrole nitrogens is 1. The van der Waals surface area contributed by atoms with E-state index in [2.05, 4.69) is 15.3 Å². The van der Waals surface area contributed by atoms with E-state index in [4.69, 9.17) is 23.2 Å². The van der Waals surface area contributed by atoms with Gasteiger partial charge in [-0.3, -0.25) is 9.78 Å². The number of anilines is 1. The van der Waals surface area contributed by atoms with Crippen LogP contribution in [-0.2, 0) is 0 Å². The molecular formula is C5H5Cl2N3O. The fraction of sp³-hybridized carbons (Fsp3) is 0.200. The lowest BCUT2D eigenvalue weighted by molar-refractivity contribution is 1.11. The topological polar surface area (TPSA) is 57.8 Å². The highest BCUT2D eigenvalue weighted by atomic mass is 35.5. The molecule has 11 heavy (non-hydrogen) atoms. The lowest BCUT2D eigenvalue weighted by Crippen LogP contribution is -2.11. The van der Waals surface area contributed by atoms with E-state index in [1.165, 1.54) is 0 Å². The molecule has 6 heteroatoms. The van der Waals surface area contributed by atoms with Crippen LogP contribution in [0.3, 0.4) is 0 Å². The van der Waals surface area contributed by atoms with Crippen LogP contribution in [0.15, 0.2) is 4.79 Å². The molecule has 1 rings (SSSR count). The zero-order chi connectivity index (χ0) is 8.43. The maximum atomic E-state index is 10.9. The summed E-state index contributed by atoms with van der Waals surface area (Å²) >= 11 is 10.9. The summed E-state index contributed by atoms with van der Waals surface area (Å²) in [4.78, 5) is 17.0. The normalized spacial score (nSPS) is 9.73. The van der Waals surface area contributed by atoms with Gasteiger partial charge in [-0.05, 0) is 0 Å². The second-order valence-electron chi connectivity index (χ2n) is 1.77. The standard InChI is InChI=1S/C5H5Cl2N3O/c1-8-5-9-3(7)2(6)4(11)10-5/h1H3,(H2,8,9,10,11). The largest absolute Gasteiger partial charge is 0.359 e. The highest BCUT2D eigenvalue weighted by Gasteiger charge is 2.04. The molecule has 0 fully saturated rings. The van der Waals surface area contributed by atoms with Crippen molar-refractivity contribution in [2.24, 2.45) is 0 Å². The fourth-order valence-corrected chi connectivity index (χ4v) is 0.810. The van der Waals surface area contributed by atoms with E-state index in [0.717, 1.165) is 0 Å². The van der Waals surface area contributed by atoms with Gasteiger partial charge >= 0.3 is 0 Å². The molecule has 4 nitrogen and oxygen atoms in total. The first-order valence-corrected chi connectivity index (χ1v) is 3.54. The molecular weight excluding hydrogens is 189 g/mol. The molecule has 0 saturated carbocycles. The molecule has 60 valence electrons. The van der Waals surface area contributed by atoms with Crippen LogP contribution in [0.25, 0.3) is 0 Å². The molecule has 0 aliphatic heterocycles. The number of aromatic amines is 1. The van der Waals surface area contributed by atoms with Gasteiger partial charge < -0.3 is 5.32 Å². The number of nitrogens with zero attached hydrogens (tertiary/aromatic N) is 1. The predicted molar refractivity (Wildman–Crippen MR) is 44.4 cm³/mol. The summed E-state index contributed by atoms with van der Waals surface area (Å²) in [5.74, 6) is 0.296. The van der Waals surface area contributed by atoms with Crippen LogP contribution >= 0.6 is 23.2 Å². The van der Waals surface area contributed by atoms with Crippen molar-refractivity contribution in [2.45, 2.75) is 0 Å². The summed E-state index contributed by atoms with van der Waals surface area (Å²) in [5.41, 5.74) is -0.448. The first kappa shape index (κ1) is 8.36. The first-order chi connectivity index (χ1) is 5.15. The third-order valence-electron chi connectivity index (χ3n) is 1.06. The van der Waals surface area contributed by atoms with Gasteiger partial charge in [0.05, 0.1) is 0 Å². The van der Waals surface area contributed by atoms with Crippen molar-refractivity contribution in [1.29, 1.82) is 0 Å². The minimum absolute atomic E-state index is 0.000216. The van der Waals surface area contributed by atoms with Crippen LogP contribution in [0.4, 0.5) is 5.95 Å². The van der Waals surface area contributed by atoms with Crippen molar-refractivity contribution in [3.63, 3.8) is 0 Å². The monoisotopic (exact) mass is 193 g/mol. The molecule has 1 heterocycles. The molecule has 0 unspecified atom stereocenters. The minimum Gasteiger partial charge on any atom is -0.359 e. The molecule has 0 amide bonds.